The Kier molecular flexibility index (Phi) is 11.6. The molecule has 1 aliphatic carbocycles. The molecule has 1 spiro atoms. The topological polar surface area (TPSA) is 184 Å². The maximum absolute atomic E-state index is 14.5. The molecular weight excluding hydrogens is 885 g/mol. The second-order valence-corrected chi connectivity index (χ2v) is 21.3. The van der Waals surface area contributed by atoms with E-state index >= 15 is 0 Å². The Morgan fingerprint density at radius 2 is 1.74 bits per heavy atom. The number of hydrogen-bond acceptors (Lipinski definition) is 13. The van der Waals surface area contributed by atoms with E-state index in [0.29, 0.717) is 67.8 Å². The summed E-state index contributed by atoms with van der Waals surface area (Å²) in [5.74, 6) is -0.259. The monoisotopic (exact) mass is 942 g/mol. The van der Waals surface area contributed by atoms with Crippen LogP contribution in [0.3, 0.4) is 0 Å². The average Bonchev–Trinajstić information content (AvgIpc) is 3.97. The van der Waals surface area contributed by atoms with E-state index in [1.54, 1.807) is 6.07 Å². The molecule has 3 aromatic carbocycles. The molecule has 7 heterocycles. The molecule has 0 bridgehead atoms. The standard InChI is InChI=1S/C51H58N8O8S/c1-32(2)38-7-3-4-8-39(38)42-9-5-18-57(42)36-29-51(30-36)15-20-56(21-16-51)35-10-11-40(43(26-35)58-19-6-22-66-50-45(58)25-34-12-17-52-48(34)54-50)49(60)55-68(63,64)37-27-44(59(61)62)47-46(28-37)67-31-41(53-47)33-13-23-65-24-14-33/h3-4,7-8,10-12,17,25-28,33,36,41-42,53H,1,5-6,9,13-16,18-24,29-31H2,2H3,(H,52,54)(H,55,60)/t41-,42+/m1/s1. The van der Waals surface area contributed by atoms with Crippen molar-refractivity contribution >= 4 is 61.0 Å². The molecule has 17 heteroatoms. The van der Waals surface area contributed by atoms with Gasteiger partial charge in [0.05, 0.1) is 33.7 Å². The molecule has 0 unspecified atom stereocenters. The maximum atomic E-state index is 14.5. The highest BCUT2D eigenvalue weighted by Gasteiger charge is 2.50. The summed E-state index contributed by atoms with van der Waals surface area (Å²) in [4.78, 5) is 40.9. The number of fused-ring (bicyclic) bond motifs is 3. The molecule has 11 rings (SSSR count). The molecule has 1 amide bonds. The number of aromatic nitrogens is 2. The van der Waals surface area contributed by atoms with Crippen molar-refractivity contribution in [2.24, 2.45) is 11.3 Å². The number of nitrogens with zero attached hydrogens (tertiary/aromatic N) is 5. The number of benzene rings is 3. The largest absolute Gasteiger partial charge is 0.489 e. The Labute approximate surface area is 396 Å². The quantitative estimate of drug-likeness (QED) is 0.0893. The number of nitro benzene ring substituents is 1. The molecule has 0 radical (unpaired) electrons. The van der Waals surface area contributed by atoms with Crippen LogP contribution in [0, 0.1) is 21.4 Å². The van der Waals surface area contributed by atoms with E-state index < -0.39 is 31.4 Å². The third-order valence-electron chi connectivity index (χ3n) is 15.5. The smallest absolute Gasteiger partial charge is 0.297 e. The van der Waals surface area contributed by atoms with E-state index in [1.807, 2.05) is 35.4 Å². The molecule has 68 heavy (non-hydrogen) atoms. The molecule has 16 nitrogen and oxygen atoms in total. The van der Waals surface area contributed by atoms with Crippen LogP contribution in [-0.4, -0.2) is 98.8 Å². The van der Waals surface area contributed by atoms with E-state index in [0.717, 1.165) is 68.0 Å². The van der Waals surface area contributed by atoms with Gasteiger partial charge in [0, 0.05) is 74.3 Å². The van der Waals surface area contributed by atoms with Crippen molar-refractivity contribution in [1.29, 1.82) is 0 Å². The number of likely N-dealkylation sites (tertiary alicyclic amines) is 1. The number of allylic oxidation sites excluding steroid dienone is 1. The third-order valence-corrected chi connectivity index (χ3v) is 16.8. The minimum atomic E-state index is -4.65. The summed E-state index contributed by atoms with van der Waals surface area (Å²) in [6.07, 6.45) is 10.8. The molecule has 2 atom stereocenters. The van der Waals surface area contributed by atoms with Crippen molar-refractivity contribution < 1.29 is 32.3 Å². The van der Waals surface area contributed by atoms with Gasteiger partial charge in [-0.15, -0.1) is 0 Å². The van der Waals surface area contributed by atoms with E-state index in [-0.39, 0.29) is 41.0 Å². The van der Waals surface area contributed by atoms with Crippen LogP contribution in [-0.2, 0) is 14.8 Å². The Balaban J connectivity index is 0.857. The number of amides is 1. The van der Waals surface area contributed by atoms with Crippen LogP contribution in [0.25, 0.3) is 16.6 Å². The summed E-state index contributed by atoms with van der Waals surface area (Å²) in [7, 11) is -4.65. The highest BCUT2D eigenvalue weighted by molar-refractivity contribution is 7.90. The summed E-state index contributed by atoms with van der Waals surface area (Å²) < 4.78 is 48.3. The van der Waals surface area contributed by atoms with E-state index in [1.165, 1.54) is 42.9 Å². The van der Waals surface area contributed by atoms with Crippen molar-refractivity contribution in [2.45, 2.75) is 87.7 Å². The second kappa shape index (κ2) is 17.7. The van der Waals surface area contributed by atoms with Crippen LogP contribution in [0.15, 0.2) is 84.4 Å². The average molecular weight is 943 g/mol. The lowest BCUT2D eigenvalue weighted by Crippen LogP contribution is -2.54. The fourth-order valence-electron chi connectivity index (χ4n) is 11.9. The van der Waals surface area contributed by atoms with Crippen LogP contribution < -0.4 is 29.3 Å². The highest BCUT2D eigenvalue weighted by Crippen LogP contribution is 2.54. The van der Waals surface area contributed by atoms with Gasteiger partial charge in [0.15, 0.2) is 11.4 Å². The third kappa shape index (κ3) is 8.21. The van der Waals surface area contributed by atoms with Crippen molar-refractivity contribution in [1.82, 2.24) is 19.6 Å². The van der Waals surface area contributed by atoms with Gasteiger partial charge in [-0.25, -0.2) is 13.1 Å². The number of hydrogen-bond donors (Lipinski definition) is 3. The first-order valence-electron chi connectivity index (χ1n) is 24.1. The number of aromatic amines is 1. The number of sulfonamides is 1. The first-order valence-corrected chi connectivity index (χ1v) is 25.6. The van der Waals surface area contributed by atoms with Gasteiger partial charge in [-0.2, -0.15) is 4.98 Å². The molecule has 356 valence electrons. The van der Waals surface area contributed by atoms with Gasteiger partial charge in [0.1, 0.15) is 17.9 Å². The summed E-state index contributed by atoms with van der Waals surface area (Å²) in [5.41, 5.74) is 6.61. The van der Waals surface area contributed by atoms with Gasteiger partial charge in [-0.1, -0.05) is 36.4 Å². The minimum Gasteiger partial charge on any atom is -0.489 e. The molecule has 1 saturated carbocycles. The van der Waals surface area contributed by atoms with Gasteiger partial charge in [-0.3, -0.25) is 19.8 Å². The lowest BCUT2D eigenvalue weighted by molar-refractivity contribution is -0.384. The van der Waals surface area contributed by atoms with Crippen molar-refractivity contribution in [3.63, 3.8) is 0 Å². The predicted molar refractivity (Wildman–Crippen MR) is 261 cm³/mol. The number of carbonyl (C=O) groups excluding carboxylic acids is 1. The SMILES string of the molecule is C=C(C)c1ccccc1[C@@H]1CCCN1C1CC2(CCN(c3ccc(C(=O)NS(=O)(=O)c4cc5c(c([N+](=O)[O-])c4)N[C@@H](C4CCOCC4)CO5)c(N4CCCOc5nc6[nH]ccc6cc54)c3)CC2)C1. The first kappa shape index (κ1) is 44.3. The zero-order valence-corrected chi connectivity index (χ0v) is 39.2. The van der Waals surface area contributed by atoms with Crippen LogP contribution in [0.4, 0.5) is 28.4 Å². The van der Waals surface area contributed by atoms with Crippen molar-refractivity contribution in [2.75, 3.05) is 67.7 Å². The summed E-state index contributed by atoms with van der Waals surface area (Å²) in [6.45, 7) is 11.5. The van der Waals surface area contributed by atoms with Crippen LogP contribution in [0.2, 0.25) is 0 Å². The Morgan fingerprint density at radius 1 is 0.926 bits per heavy atom. The van der Waals surface area contributed by atoms with Crippen molar-refractivity contribution in [3.8, 4) is 11.6 Å². The number of piperidine rings is 1. The zero-order chi connectivity index (χ0) is 46.7. The summed E-state index contributed by atoms with van der Waals surface area (Å²) in [6, 6.07) is 21.2. The van der Waals surface area contributed by atoms with Crippen LogP contribution in [0.5, 0.6) is 11.6 Å². The number of nitrogens with one attached hydrogen (secondary N) is 3. The van der Waals surface area contributed by atoms with Gasteiger partial charge in [0.2, 0.25) is 5.88 Å². The molecule has 5 aromatic rings. The second-order valence-electron chi connectivity index (χ2n) is 19.6. The highest BCUT2D eigenvalue weighted by atomic mass is 32.2. The van der Waals surface area contributed by atoms with Gasteiger partial charge in [-0.05, 0) is 124 Å². The Bertz CT molecular complexity index is 2900. The minimum absolute atomic E-state index is 0.0375. The fourth-order valence-corrected chi connectivity index (χ4v) is 12.9. The fraction of sp³-hybridized carbons (Fsp3) is 0.451. The lowest BCUT2D eigenvalue weighted by Gasteiger charge is -2.56. The molecule has 2 aromatic heterocycles. The molecule has 3 N–H and O–H groups in total. The first-order chi connectivity index (χ1) is 32.9. The summed E-state index contributed by atoms with van der Waals surface area (Å²) >= 11 is 0. The number of ether oxygens (including phenoxy) is 3. The number of nitro groups is 1. The normalized spacial score (nSPS) is 22.0. The molecule has 6 aliphatic rings. The maximum Gasteiger partial charge on any atom is 0.297 e. The van der Waals surface area contributed by atoms with Crippen molar-refractivity contribution in [3.05, 3.63) is 106 Å². The van der Waals surface area contributed by atoms with Crippen LogP contribution >= 0.6 is 0 Å². The number of anilines is 4. The molecule has 4 fully saturated rings. The zero-order valence-electron chi connectivity index (χ0n) is 38.4. The van der Waals surface area contributed by atoms with E-state index in [9.17, 15) is 23.3 Å². The molecular formula is C51H58N8O8S. The van der Waals surface area contributed by atoms with Gasteiger partial charge in [0.25, 0.3) is 21.6 Å². The van der Waals surface area contributed by atoms with E-state index in [4.69, 9.17) is 19.2 Å². The number of H-pyrrole nitrogens is 1. The number of rotatable bonds is 10. The lowest BCUT2D eigenvalue weighted by atomic mass is 9.59. The number of carbonyl (C=O) groups is 1. The predicted octanol–water partition coefficient (Wildman–Crippen LogP) is 8.73. The van der Waals surface area contributed by atoms with E-state index in [2.05, 4.69) is 62.6 Å². The van der Waals surface area contributed by atoms with Gasteiger partial charge < -0.3 is 34.3 Å². The van der Waals surface area contributed by atoms with Gasteiger partial charge >= 0.3 is 0 Å². The molecule has 3 saturated heterocycles. The summed E-state index contributed by atoms with van der Waals surface area (Å²) in [5, 5.41) is 16.6. The number of pyridine rings is 1. The Hall–Kier alpha value is -6.17. The Morgan fingerprint density at radius 3 is 2.53 bits per heavy atom. The molecule has 5 aliphatic heterocycles. The van der Waals surface area contributed by atoms with Crippen LogP contribution in [0.1, 0.15) is 92.2 Å².